The van der Waals surface area contributed by atoms with Crippen LogP contribution in [0.5, 0.6) is 0 Å². The van der Waals surface area contributed by atoms with Crippen LogP contribution in [-0.4, -0.2) is 11.7 Å². The molecule has 108 valence electrons. The van der Waals surface area contributed by atoms with Gasteiger partial charge in [-0.15, -0.1) is 11.8 Å². The summed E-state index contributed by atoms with van der Waals surface area (Å²) < 4.78 is 1.04. The van der Waals surface area contributed by atoms with Crippen LogP contribution in [0.25, 0.3) is 0 Å². The number of hydrogen-bond donors (Lipinski definition) is 0. The molecule has 1 atom stereocenters. The number of nitrogens with zero attached hydrogens (tertiary/aromatic N) is 1. The van der Waals surface area contributed by atoms with E-state index in [1.165, 1.54) is 5.56 Å². The number of thioether (sulfide) groups is 1. The fourth-order valence-corrected chi connectivity index (χ4v) is 4.09. The quantitative estimate of drug-likeness (QED) is 0.783. The van der Waals surface area contributed by atoms with Gasteiger partial charge in [-0.3, -0.25) is 9.69 Å². The van der Waals surface area contributed by atoms with Crippen molar-refractivity contribution in [1.82, 2.24) is 0 Å². The Bertz CT molecular complexity index is 656. The van der Waals surface area contributed by atoms with Gasteiger partial charge in [0.1, 0.15) is 5.37 Å². The molecule has 2 aromatic carbocycles. The van der Waals surface area contributed by atoms with E-state index in [0.717, 1.165) is 22.1 Å². The second-order valence-electron chi connectivity index (χ2n) is 5.00. The zero-order valence-electron chi connectivity index (χ0n) is 11.8. The van der Waals surface area contributed by atoms with E-state index in [2.05, 4.69) is 47.1 Å². The van der Waals surface area contributed by atoms with Gasteiger partial charge in [-0.25, -0.2) is 0 Å². The van der Waals surface area contributed by atoms with E-state index in [0.29, 0.717) is 5.75 Å². The lowest BCUT2D eigenvalue weighted by molar-refractivity contribution is -0.115. The van der Waals surface area contributed by atoms with Crippen molar-refractivity contribution in [3.63, 3.8) is 0 Å². The number of anilines is 1. The molecule has 3 rings (SSSR count). The van der Waals surface area contributed by atoms with Crippen LogP contribution < -0.4 is 4.90 Å². The van der Waals surface area contributed by atoms with E-state index < -0.39 is 0 Å². The highest BCUT2D eigenvalue weighted by Crippen LogP contribution is 2.42. The van der Waals surface area contributed by atoms with Gasteiger partial charge in [-0.05, 0) is 41.8 Å². The van der Waals surface area contributed by atoms with Gasteiger partial charge in [0, 0.05) is 10.2 Å². The SMILES string of the molecule is CCc1ccc(N2C(=O)CS[C@H]2c2cccc(Br)c2)cc1. The van der Waals surface area contributed by atoms with Gasteiger partial charge in [0.25, 0.3) is 0 Å². The van der Waals surface area contributed by atoms with Crippen molar-refractivity contribution in [2.45, 2.75) is 18.7 Å². The van der Waals surface area contributed by atoms with Crippen molar-refractivity contribution in [1.29, 1.82) is 0 Å². The number of benzene rings is 2. The maximum Gasteiger partial charge on any atom is 0.238 e. The number of aryl methyl sites for hydroxylation is 1. The Balaban J connectivity index is 1.95. The number of halogens is 1. The third kappa shape index (κ3) is 3.01. The summed E-state index contributed by atoms with van der Waals surface area (Å²) in [4.78, 5) is 14.2. The largest absolute Gasteiger partial charge is 0.295 e. The Hall–Kier alpha value is -1.26. The number of carbonyl (C=O) groups is 1. The third-order valence-corrected chi connectivity index (χ3v) is 5.33. The van der Waals surface area contributed by atoms with E-state index >= 15 is 0 Å². The first-order valence-electron chi connectivity index (χ1n) is 6.97. The molecule has 0 aromatic heterocycles. The van der Waals surface area contributed by atoms with Crippen molar-refractivity contribution >= 4 is 39.3 Å². The summed E-state index contributed by atoms with van der Waals surface area (Å²) in [6, 6.07) is 16.5. The molecule has 21 heavy (non-hydrogen) atoms. The summed E-state index contributed by atoms with van der Waals surface area (Å²) in [6.07, 6.45) is 1.01. The molecule has 0 bridgehead atoms. The Morgan fingerprint density at radius 2 is 2.00 bits per heavy atom. The second-order valence-corrected chi connectivity index (χ2v) is 6.99. The van der Waals surface area contributed by atoms with E-state index in [9.17, 15) is 4.79 Å². The predicted molar refractivity (Wildman–Crippen MR) is 92.6 cm³/mol. The van der Waals surface area contributed by atoms with Gasteiger partial charge in [0.05, 0.1) is 5.75 Å². The van der Waals surface area contributed by atoms with Crippen molar-refractivity contribution in [2.24, 2.45) is 0 Å². The van der Waals surface area contributed by atoms with Gasteiger partial charge >= 0.3 is 0 Å². The average Bonchev–Trinajstić information content (AvgIpc) is 2.89. The van der Waals surface area contributed by atoms with Crippen molar-refractivity contribution in [3.8, 4) is 0 Å². The molecule has 2 nitrogen and oxygen atoms in total. The van der Waals surface area contributed by atoms with Gasteiger partial charge in [-0.2, -0.15) is 0 Å². The fourth-order valence-electron chi connectivity index (χ4n) is 2.50. The Kier molecular flexibility index (Phi) is 4.36. The van der Waals surface area contributed by atoms with Crippen LogP contribution in [-0.2, 0) is 11.2 Å². The highest BCUT2D eigenvalue weighted by atomic mass is 79.9. The fraction of sp³-hybridized carbons (Fsp3) is 0.235. The number of hydrogen-bond acceptors (Lipinski definition) is 2. The minimum atomic E-state index is 0.0578. The predicted octanol–water partition coefficient (Wildman–Crippen LogP) is 4.79. The maximum absolute atomic E-state index is 12.3. The second kappa shape index (κ2) is 6.24. The first kappa shape index (κ1) is 14.7. The summed E-state index contributed by atoms with van der Waals surface area (Å²) in [7, 11) is 0. The molecule has 1 amide bonds. The standard InChI is InChI=1S/C17H16BrNOS/c1-2-12-6-8-15(9-7-12)19-16(20)11-21-17(19)13-4-3-5-14(18)10-13/h3-10,17H,2,11H2,1H3/t17-/m0/s1. The average molecular weight is 362 g/mol. The lowest BCUT2D eigenvalue weighted by Crippen LogP contribution is -2.27. The zero-order valence-corrected chi connectivity index (χ0v) is 14.2. The van der Waals surface area contributed by atoms with Crippen molar-refractivity contribution in [2.75, 3.05) is 10.7 Å². The molecule has 0 spiro atoms. The molecule has 0 saturated carbocycles. The van der Waals surface area contributed by atoms with Crippen LogP contribution in [0.2, 0.25) is 0 Å². The molecule has 0 N–H and O–H groups in total. The first-order chi connectivity index (χ1) is 10.2. The van der Waals surface area contributed by atoms with Gasteiger partial charge in [0.2, 0.25) is 5.91 Å². The van der Waals surface area contributed by atoms with E-state index in [-0.39, 0.29) is 11.3 Å². The molecule has 2 aromatic rings. The highest BCUT2D eigenvalue weighted by Gasteiger charge is 2.33. The summed E-state index contributed by atoms with van der Waals surface area (Å²) >= 11 is 5.19. The minimum Gasteiger partial charge on any atom is -0.295 e. The summed E-state index contributed by atoms with van der Waals surface area (Å²) in [6.45, 7) is 2.14. The minimum absolute atomic E-state index is 0.0578. The molecular weight excluding hydrogens is 346 g/mol. The van der Waals surface area contributed by atoms with Gasteiger partial charge in [0.15, 0.2) is 0 Å². The summed E-state index contributed by atoms with van der Waals surface area (Å²) in [5, 5.41) is 0.0578. The van der Waals surface area contributed by atoms with E-state index in [1.54, 1.807) is 11.8 Å². The summed E-state index contributed by atoms with van der Waals surface area (Å²) in [5.74, 6) is 0.710. The molecule has 0 radical (unpaired) electrons. The Labute approximate surface area is 137 Å². The highest BCUT2D eigenvalue weighted by molar-refractivity contribution is 9.10. The lowest BCUT2D eigenvalue weighted by Gasteiger charge is -2.24. The molecule has 0 aliphatic carbocycles. The third-order valence-electron chi connectivity index (χ3n) is 3.62. The number of rotatable bonds is 3. The molecule has 1 fully saturated rings. The van der Waals surface area contributed by atoms with Crippen LogP contribution in [0.15, 0.2) is 53.0 Å². The van der Waals surface area contributed by atoms with Crippen LogP contribution in [0.3, 0.4) is 0 Å². The van der Waals surface area contributed by atoms with Crippen molar-refractivity contribution < 1.29 is 4.79 Å². The molecule has 1 heterocycles. The topological polar surface area (TPSA) is 20.3 Å². The van der Waals surface area contributed by atoms with Crippen LogP contribution in [0.1, 0.15) is 23.4 Å². The van der Waals surface area contributed by atoms with E-state index in [1.807, 2.05) is 29.2 Å². The molecule has 4 heteroatoms. The number of amides is 1. The molecule has 1 saturated heterocycles. The van der Waals surface area contributed by atoms with Crippen LogP contribution in [0.4, 0.5) is 5.69 Å². The van der Waals surface area contributed by atoms with Crippen LogP contribution >= 0.6 is 27.7 Å². The van der Waals surface area contributed by atoms with Crippen molar-refractivity contribution in [3.05, 3.63) is 64.1 Å². The smallest absolute Gasteiger partial charge is 0.238 e. The van der Waals surface area contributed by atoms with Gasteiger partial charge < -0.3 is 0 Å². The first-order valence-corrected chi connectivity index (χ1v) is 8.81. The molecular formula is C17H16BrNOS. The summed E-state index contributed by atoms with van der Waals surface area (Å²) in [5.41, 5.74) is 3.42. The Morgan fingerprint density at radius 1 is 1.24 bits per heavy atom. The monoisotopic (exact) mass is 361 g/mol. The number of carbonyl (C=O) groups excluding carboxylic acids is 1. The Morgan fingerprint density at radius 3 is 2.67 bits per heavy atom. The molecule has 1 aliphatic heterocycles. The van der Waals surface area contributed by atoms with Crippen LogP contribution in [0, 0.1) is 0 Å². The molecule has 0 unspecified atom stereocenters. The normalized spacial score (nSPS) is 18.3. The molecule has 1 aliphatic rings. The van der Waals surface area contributed by atoms with E-state index in [4.69, 9.17) is 0 Å². The maximum atomic E-state index is 12.3. The zero-order chi connectivity index (χ0) is 14.8. The lowest BCUT2D eigenvalue weighted by atomic mass is 10.1. The van der Waals surface area contributed by atoms with Gasteiger partial charge in [-0.1, -0.05) is 47.1 Å².